The average molecular weight is 397 g/mol. The summed E-state index contributed by atoms with van der Waals surface area (Å²) in [5, 5.41) is 7.00. The fourth-order valence-electron chi connectivity index (χ4n) is 3.11. The third kappa shape index (κ3) is 2.99. The van der Waals surface area contributed by atoms with Gasteiger partial charge in [0.25, 0.3) is 11.8 Å². The molecule has 8 nitrogen and oxygen atoms in total. The van der Waals surface area contributed by atoms with E-state index < -0.39 is 9.84 Å². The Morgan fingerprint density at radius 3 is 2.11 bits per heavy atom. The van der Waals surface area contributed by atoms with Gasteiger partial charge in [0.15, 0.2) is 0 Å². The van der Waals surface area contributed by atoms with Crippen molar-refractivity contribution < 1.29 is 22.6 Å². The molecule has 0 saturated heterocycles. The molecular weight excluding hydrogens is 382 g/mol. The molecule has 1 aliphatic rings. The van der Waals surface area contributed by atoms with Crippen LogP contribution in [0.4, 0.5) is 0 Å². The molecule has 28 heavy (non-hydrogen) atoms. The molecule has 1 aromatic heterocycles. The van der Waals surface area contributed by atoms with Gasteiger partial charge in [-0.05, 0) is 42.3 Å². The summed E-state index contributed by atoms with van der Waals surface area (Å²) < 4.78 is 30.1. The highest BCUT2D eigenvalue weighted by molar-refractivity contribution is 7.91. The number of carbonyl (C=O) groups excluding carboxylic acids is 2. The van der Waals surface area contributed by atoms with Crippen LogP contribution in [0.5, 0.6) is 0 Å². The van der Waals surface area contributed by atoms with Crippen molar-refractivity contribution in [3.63, 3.8) is 0 Å². The van der Waals surface area contributed by atoms with E-state index in [0.717, 1.165) is 4.90 Å². The van der Waals surface area contributed by atoms with Gasteiger partial charge in [-0.2, -0.15) is 0 Å². The SMILES string of the molecule is O=C1c2ccccc2C(=O)N1CCCc1nonc1S(=O)(=O)c1ccccc1. The summed E-state index contributed by atoms with van der Waals surface area (Å²) >= 11 is 0. The second kappa shape index (κ2) is 7.01. The average Bonchev–Trinajstić information content (AvgIpc) is 3.28. The van der Waals surface area contributed by atoms with Crippen molar-refractivity contribution in [1.29, 1.82) is 0 Å². The van der Waals surface area contributed by atoms with E-state index in [1.54, 1.807) is 42.5 Å². The number of imide groups is 1. The van der Waals surface area contributed by atoms with E-state index in [2.05, 4.69) is 14.9 Å². The highest BCUT2D eigenvalue weighted by Gasteiger charge is 2.35. The van der Waals surface area contributed by atoms with Crippen LogP contribution >= 0.6 is 0 Å². The van der Waals surface area contributed by atoms with Crippen LogP contribution in [0.25, 0.3) is 0 Å². The molecule has 2 amide bonds. The molecule has 2 heterocycles. The predicted octanol–water partition coefficient (Wildman–Crippen LogP) is 2.13. The van der Waals surface area contributed by atoms with Crippen LogP contribution in [0.15, 0.2) is 69.1 Å². The summed E-state index contributed by atoms with van der Waals surface area (Å²) in [5.74, 6) is -0.702. The minimum absolute atomic E-state index is 0.0901. The van der Waals surface area contributed by atoms with Gasteiger partial charge in [0, 0.05) is 6.54 Å². The topological polar surface area (TPSA) is 110 Å². The monoisotopic (exact) mass is 397 g/mol. The summed E-state index contributed by atoms with van der Waals surface area (Å²) in [5.41, 5.74) is 0.923. The van der Waals surface area contributed by atoms with Crippen molar-refractivity contribution in [3.05, 3.63) is 71.4 Å². The zero-order valence-corrected chi connectivity index (χ0v) is 15.4. The molecule has 0 unspecified atom stereocenters. The molecule has 4 rings (SSSR count). The zero-order chi connectivity index (χ0) is 19.7. The summed E-state index contributed by atoms with van der Waals surface area (Å²) in [7, 11) is -3.86. The number of amides is 2. The van der Waals surface area contributed by atoms with Crippen LogP contribution in [0.3, 0.4) is 0 Å². The first-order chi connectivity index (χ1) is 13.5. The van der Waals surface area contributed by atoms with Crippen LogP contribution < -0.4 is 0 Å². The summed E-state index contributed by atoms with van der Waals surface area (Å²) in [6.45, 7) is 0.143. The highest BCUT2D eigenvalue weighted by atomic mass is 32.2. The number of aromatic nitrogens is 2. The molecule has 0 bridgehead atoms. The lowest BCUT2D eigenvalue weighted by molar-refractivity contribution is 0.0652. The first-order valence-corrected chi connectivity index (χ1v) is 10.1. The first kappa shape index (κ1) is 18.1. The van der Waals surface area contributed by atoms with Crippen molar-refractivity contribution in [3.8, 4) is 0 Å². The summed E-state index contributed by atoms with van der Waals surface area (Å²) in [6.07, 6.45) is 0.523. The molecule has 142 valence electrons. The lowest BCUT2D eigenvalue weighted by Crippen LogP contribution is -2.31. The van der Waals surface area contributed by atoms with Gasteiger partial charge in [-0.1, -0.05) is 35.5 Å². The smallest absolute Gasteiger partial charge is 0.261 e. The molecule has 0 N–H and O–H groups in total. The van der Waals surface area contributed by atoms with E-state index in [1.165, 1.54) is 12.1 Å². The molecule has 3 aromatic rings. The molecular formula is C19H15N3O5S. The van der Waals surface area contributed by atoms with Crippen molar-refractivity contribution >= 4 is 21.7 Å². The van der Waals surface area contributed by atoms with Gasteiger partial charge >= 0.3 is 0 Å². The third-order valence-electron chi connectivity index (χ3n) is 4.50. The molecule has 0 atom stereocenters. The number of rotatable bonds is 6. The van der Waals surface area contributed by atoms with E-state index in [4.69, 9.17) is 0 Å². The van der Waals surface area contributed by atoms with E-state index in [0.29, 0.717) is 17.5 Å². The number of hydrogen-bond acceptors (Lipinski definition) is 7. The van der Waals surface area contributed by atoms with Gasteiger partial charge in [0.05, 0.1) is 16.0 Å². The van der Waals surface area contributed by atoms with Gasteiger partial charge in [0.1, 0.15) is 5.69 Å². The molecule has 1 aliphatic heterocycles. The van der Waals surface area contributed by atoms with Crippen molar-refractivity contribution in [2.24, 2.45) is 0 Å². The second-order valence-electron chi connectivity index (χ2n) is 6.24. The van der Waals surface area contributed by atoms with E-state index in [1.807, 2.05) is 0 Å². The van der Waals surface area contributed by atoms with Crippen molar-refractivity contribution in [2.75, 3.05) is 6.54 Å². The van der Waals surface area contributed by atoms with Crippen LogP contribution in [0.1, 0.15) is 32.8 Å². The van der Waals surface area contributed by atoms with E-state index >= 15 is 0 Å². The lowest BCUT2D eigenvalue weighted by atomic mass is 10.1. The number of nitrogens with zero attached hydrogens (tertiary/aromatic N) is 3. The van der Waals surface area contributed by atoms with Crippen LogP contribution in [-0.2, 0) is 16.3 Å². The maximum absolute atomic E-state index is 12.7. The summed E-state index contributed by atoms with van der Waals surface area (Å²) in [6, 6.07) is 14.5. The number of aryl methyl sites for hydroxylation is 1. The standard InChI is InChI=1S/C19H15N3O5S/c23-18-14-9-4-5-10-15(14)19(24)22(18)12-6-11-16-17(21-27-20-16)28(25,26)13-7-2-1-3-8-13/h1-5,7-10H,6,11-12H2. The fraction of sp³-hybridized carbons (Fsp3) is 0.158. The van der Waals surface area contributed by atoms with Crippen LogP contribution in [-0.4, -0.2) is 42.0 Å². The Morgan fingerprint density at radius 1 is 0.857 bits per heavy atom. The number of fused-ring (bicyclic) bond motifs is 1. The first-order valence-electron chi connectivity index (χ1n) is 8.57. The number of sulfone groups is 1. The maximum atomic E-state index is 12.7. The Hall–Kier alpha value is -3.33. The quantitative estimate of drug-likeness (QED) is 0.586. The molecule has 9 heteroatoms. The number of carbonyl (C=O) groups is 2. The fourth-order valence-corrected chi connectivity index (χ4v) is 4.43. The number of hydrogen-bond donors (Lipinski definition) is 0. The zero-order valence-electron chi connectivity index (χ0n) is 14.6. The van der Waals surface area contributed by atoms with Gasteiger partial charge in [-0.25, -0.2) is 13.0 Å². The molecule has 0 fully saturated rings. The number of benzene rings is 2. The molecule has 0 aliphatic carbocycles. The molecule has 0 saturated carbocycles. The van der Waals surface area contributed by atoms with Gasteiger partial charge in [0.2, 0.25) is 14.9 Å². The summed E-state index contributed by atoms with van der Waals surface area (Å²) in [4.78, 5) is 26.0. The van der Waals surface area contributed by atoms with Crippen molar-refractivity contribution in [2.45, 2.75) is 22.8 Å². The Balaban J connectivity index is 1.48. The molecule has 2 aromatic carbocycles. The predicted molar refractivity (Wildman–Crippen MR) is 96.3 cm³/mol. The molecule has 0 radical (unpaired) electrons. The van der Waals surface area contributed by atoms with Gasteiger partial charge < -0.3 is 0 Å². The van der Waals surface area contributed by atoms with Gasteiger partial charge in [-0.15, -0.1) is 0 Å². The Labute approximate surface area is 160 Å². The van der Waals surface area contributed by atoms with Gasteiger partial charge in [-0.3, -0.25) is 14.5 Å². The Bertz CT molecular complexity index is 1120. The van der Waals surface area contributed by atoms with E-state index in [9.17, 15) is 18.0 Å². The van der Waals surface area contributed by atoms with Crippen molar-refractivity contribution in [1.82, 2.24) is 15.2 Å². The van der Waals surface area contributed by atoms with E-state index in [-0.39, 0.29) is 40.4 Å². The Morgan fingerprint density at radius 2 is 1.46 bits per heavy atom. The highest BCUT2D eigenvalue weighted by Crippen LogP contribution is 2.24. The lowest BCUT2D eigenvalue weighted by Gasteiger charge is -2.13. The Kier molecular flexibility index (Phi) is 4.52. The molecule has 0 spiro atoms. The third-order valence-corrected chi connectivity index (χ3v) is 6.22. The van der Waals surface area contributed by atoms with Crippen LogP contribution in [0, 0.1) is 0 Å². The minimum atomic E-state index is -3.86. The minimum Gasteiger partial charge on any atom is -0.274 e. The largest absolute Gasteiger partial charge is 0.274 e. The normalized spacial score (nSPS) is 13.8. The van der Waals surface area contributed by atoms with Crippen LogP contribution in [0.2, 0.25) is 0 Å². The second-order valence-corrected chi connectivity index (χ2v) is 8.11. The maximum Gasteiger partial charge on any atom is 0.261 e.